The summed E-state index contributed by atoms with van der Waals surface area (Å²) in [4.78, 5) is 23.8. The van der Waals surface area contributed by atoms with Gasteiger partial charge >= 0.3 is 11.9 Å². The maximum atomic E-state index is 11.9. The van der Waals surface area contributed by atoms with Crippen LogP contribution in [0.25, 0.3) is 0 Å². The van der Waals surface area contributed by atoms with Gasteiger partial charge in [0.05, 0.1) is 24.7 Å². The Hall–Kier alpha value is -1.23. The van der Waals surface area contributed by atoms with E-state index in [0.717, 1.165) is 25.7 Å². The van der Waals surface area contributed by atoms with Gasteiger partial charge in [-0.3, -0.25) is 9.59 Å². The summed E-state index contributed by atoms with van der Waals surface area (Å²) in [5.74, 6) is -0.0199. The lowest BCUT2D eigenvalue weighted by atomic mass is 10.1. The van der Waals surface area contributed by atoms with E-state index in [9.17, 15) is 9.59 Å². The lowest BCUT2D eigenvalue weighted by Crippen LogP contribution is -2.13. The van der Waals surface area contributed by atoms with E-state index in [-0.39, 0.29) is 23.4 Å². The molecule has 0 amide bonds. The molecule has 0 rings (SSSR count). The topological polar surface area (TPSA) is 52.6 Å². The Kier molecular flexibility index (Phi) is 37.9. The van der Waals surface area contributed by atoms with E-state index in [1.807, 2.05) is 0 Å². The first-order chi connectivity index (χ1) is 22.2. The zero-order chi connectivity index (χ0) is 32.7. The zero-order valence-corrected chi connectivity index (χ0v) is 30.8. The molecule has 5 heteroatoms. The van der Waals surface area contributed by atoms with Gasteiger partial charge in [0, 0.05) is 0 Å². The fourth-order valence-corrected chi connectivity index (χ4v) is 5.97. The van der Waals surface area contributed by atoms with Crippen molar-refractivity contribution in [3.8, 4) is 0 Å². The van der Waals surface area contributed by atoms with Crippen molar-refractivity contribution in [2.24, 2.45) is 0 Å². The van der Waals surface area contributed by atoms with Gasteiger partial charge < -0.3 is 9.47 Å². The third-order valence-corrected chi connectivity index (χ3v) is 9.16. The highest BCUT2D eigenvalue weighted by Gasteiger charge is 2.07. The molecule has 0 bridgehead atoms. The lowest BCUT2D eigenvalue weighted by molar-refractivity contribution is -0.140. The molecule has 0 aromatic heterocycles. The molecule has 0 heterocycles. The molecule has 0 atom stereocenters. The Morgan fingerprint density at radius 1 is 0.400 bits per heavy atom. The second-order valence-electron chi connectivity index (χ2n) is 12.8. The Balaban J connectivity index is 3.32. The zero-order valence-electron chi connectivity index (χ0n) is 30.0. The quantitative estimate of drug-likeness (QED) is 0.0384. The van der Waals surface area contributed by atoms with Gasteiger partial charge in [-0.25, -0.2) is 0 Å². The molecule has 45 heavy (non-hydrogen) atoms. The van der Waals surface area contributed by atoms with Crippen LogP contribution >= 0.6 is 11.8 Å². The van der Waals surface area contributed by atoms with Crippen molar-refractivity contribution in [2.75, 3.05) is 24.7 Å². The Labute approximate surface area is 284 Å². The first kappa shape index (κ1) is 43.8. The van der Waals surface area contributed by atoms with Gasteiger partial charge in [0.25, 0.3) is 0 Å². The average molecular weight is 651 g/mol. The molecule has 0 aliphatic heterocycles. The Morgan fingerprint density at radius 3 is 0.978 bits per heavy atom. The number of thioether (sulfide) groups is 1. The molecule has 0 saturated carbocycles. The molecule has 4 nitrogen and oxygen atoms in total. The normalized spacial score (nSPS) is 11.6. The number of carbonyl (C=O) groups excluding carboxylic acids is 2. The first-order valence-electron chi connectivity index (χ1n) is 19.4. The van der Waals surface area contributed by atoms with E-state index in [1.54, 1.807) is 0 Å². The molecule has 0 spiro atoms. The average Bonchev–Trinajstić information content (AvgIpc) is 3.04. The summed E-state index contributed by atoms with van der Waals surface area (Å²) in [7, 11) is 0. The van der Waals surface area contributed by atoms with E-state index >= 15 is 0 Å². The summed E-state index contributed by atoms with van der Waals surface area (Å²) < 4.78 is 10.6. The number of esters is 2. The number of unbranched alkanes of at least 4 members (excludes halogenated alkanes) is 24. The molecule has 264 valence electrons. The number of ether oxygens (including phenoxy) is 2. The fourth-order valence-electron chi connectivity index (χ4n) is 5.37. The van der Waals surface area contributed by atoms with Gasteiger partial charge in [-0.1, -0.05) is 154 Å². The van der Waals surface area contributed by atoms with Crippen LogP contribution in [-0.4, -0.2) is 36.7 Å². The molecule has 0 aliphatic rings. The summed E-state index contributed by atoms with van der Waals surface area (Å²) in [6, 6.07) is 0. The highest BCUT2D eigenvalue weighted by molar-refractivity contribution is 8.00. The van der Waals surface area contributed by atoms with Crippen LogP contribution in [0.5, 0.6) is 0 Å². The molecule has 0 unspecified atom stereocenters. The molecular weight excluding hydrogens is 577 g/mol. The number of carbonyl (C=O) groups is 2. The third kappa shape index (κ3) is 38.9. The molecule has 0 aromatic rings. The molecule has 0 aliphatic carbocycles. The van der Waals surface area contributed by atoms with E-state index < -0.39 is 0 Å². The lowest BCUT2D eigenvalue weighted by Gasteiger charge is -2.06. The van der Waals surface area contributed by atoms with Crippen LogP contribution in [0.4, 0.5) is 0 Å². The molecule has 0 saturated heterocycles. The molecule has 0 N–H and O–H groups in total. The van der Waals surface area contributed by atoms with Crippen molar-refractivity contribution < 1.29 is 19.1 Å². The van der Waals surface area contributed by atoms with Crippen LogP contribution in [0.1, 0.15) is 194 Å². The summed E-state index contributed by atoms with van der Waals surface area (Å²) in [5, 5.41) is 0. The highest BCUT2D eigenvalue weighted by atomic mass is 32.2. The smallest absolute Gasteiger partial charge is 0.315 e. The van der Waals surface area contributed by atoms with E-state index in [1.165, 1.54) is 166 Å². The van der Waals surface area contributed by atoms with Crippen molar-refractivity contribution in [2.45, 2.75) is 194 Å². The minimum Gasteiger partial charge on any atom is -0.465 e. The van der Waals surface area contributed by atoms with Gasteiger partial charge in [0.15, 0.2) is 0 Å². The van der Waals surface area contributed by atoms with E-state index in [2.05, 4.69) is 38.2 Å². The Bertz CT molecular complexity index is 619. The van der Waals surface area contributed by atoms with Crippen molar-refractivity contribution in [3.63, 3.8) is 0 Å². The van der Waals surface area contributed by atoms with Crippen molar-refractivity contribution in [1.29, 1.82) is 0 Å². The maximum Gasteiger partial charge on any atom is 0.315 e. The fraction of sp³-hybridized carbons (Fsp3) is 0.850. The summed E-state index contributed by atoms with van der Waals surface area (Å²) in [5.41, 5.74) is 0. The molecular formula is C40H74O4S. The number of rotatable bonds is 36. The van der Waals surface area contributed by atoms with Crippen LogP contribution in [0.2, 0.25) is 0 Å². The van der Waals surface area contributed by atoms with E-state index in [4.69, 9.17) is 9.47 Å². The third-order valence-electron chi connectivity index (χ3n) is 8.28. The first-order valence-corrected chi connectivity index (χ1v) is 20.5. The van der Waals surface area contributed by atoms with Gasteiger partial charge in [0.2, 0.25) is 0 Å². The standard InChI is InChI=1S/C40H74O4S/c1-3-5-7-9-11-13-15-17-19-21-23-25-27-29-31-33-35-43-39(41)37-45-38-40(42)44-36-34-32-30-28-26-24-22-20-18-16-14-12-10-8-6-4-2/h17-20H,3-16,21-38H2,1-2H3/b19-17-,20-18-. The van der Waals surface area contributed by atoms with Crippen LogP contribution < -0.4 is 0 Å². The number of allylic oxidation sites excluding steroid dienone is 4. The van der Waals surface area contributed by atoms with Gasteiger partial charge in [0.1, 0.15) is 0 Å². The van der Waals surface area contributed by atoms with Gasteiger partial charge in [-0.2, -0.15) is 0 Å². The largest absolute Gasteiger partial charge is 0.465 e. The minimum atomic E-state index is -0.228. The second-order valence-corrected chi connectivity index (χ2v) is 13.8. The summed E-state index contributed by atoms with van der Waals surface area (Å²) in [6.45, 7) is 5.51. The maximum absolute atomic E-state index is 11.9. The molecule has 0 fully saturated rings. The SMILES string of the molecule is CCCCCCCC/C=C\CCCCCCCCOC(=O)CSCC(=O)OCCCCCCCC/C=C\CCCCCCCC. The monoisotopic (exact) mass is 651 g/mol. The van der Waals surface area contributed by atoms with E-state index in [0.29, 0.717) is 13.2 Å². The molecule has 0 radical (unpaired) electrons. The van der Waals surface area contributed by atoms with Crippen LogP contribution in [0, 0.1) is 0 Å². The van der Waals surface area contributed by atoms with Crippen LogP contribution in [-0.2, 0) is 19.1 Å². The van der Waals surface area contributed by atoms with Crippen molar-refractivity contribution >= 4 is 23.7 Å². The number of hydrogen-bond donors (Lipinski definition) is 0. The molecule has 0 aromatic carbocycles. The van der Waals surface area contributed by atoms with Crippen molar-refractivity contribution in [1.82, 2.24) is 0 Å². The van der Waals surface area contributed by atoms with Crippen molar-refractivity contribution in [3.05, 3.63) is 24.3 Å². The predicted molar refractivity (Wildman–Crippen MR) is 198 cm³/mol. The predicted octanol–water partition coefficient (Wildman–Crippen LogP) is 12.9. The van der Waals surface area contributed by atoms with Crippen LogP contribution in [0.3, 0.4) is 0 Å². The van der Waals surface area contributed by atoms with Crippen LogP contribution in [0.15, 0.2) is 24.3 Å². The second kappa shape index (κ2) is 39.0. The van der Waals surface area contributed by atoms with Gasteiger partial charge in [-0.05, 0) is 64.2 Å². The summed E-state index contributed by atoms with van der Waals surface area (Å²) >= 11 is 1.29. The highest BCUT2D eigenvalue weighted by Crippen LogP contribution is 2.12. The minimum absolute atomic E-state index is 0.218. The number of hydrogen-bond acceptors (Lipinski definition) is 5. The van der Waals surface area contributed by atoms with Gasteiger partial charge in [-0.15, -0.1) is 11.8 Å². The summed E-state index contributed by atoms with van der Waals surface area (Å²) in [6.07, 6.45) is 44.9. The Morgan fingerprint density at radius 2 is 0.667 bits per heavy atom.